The molecular weight excluding hydrogens is 596 g/mol. The summed E-state index contributed by atoms with van der Waals surface area (Å²) >= 11 is 0. The van der Waals surface area contributed by atoms with Crippen molar-refractivity contribution in [3.8, 4) is 5.75 Å². The lowest BCUT2D eigenvalue weighted by atomic mass is 10.0. The van der Waals surface area contributed by atoms with Crippen LogP contribution in [0.5, 0.6) is 5.75 Å². The number of nitrogens with one attached hydrogen (secondary N) is 1. The number of anilines is 1. The van der Waals surface area contributed by atoms with E-state index < -0.39 is 22.2 Å². The molecule has 2 N–H and O–H groups in total. The van der Waals surface area contributed by atoms with Crippen molar-refractivity contribution in [3.05, 3.63) is 72.3 Å². The molecule has 0 spiro atoms. The van der Waals surface area contributed by atoms with Crippen molar-refractivity contribution in [1.29, 1.82) is 0 Å². The maximum absolute atomic E-state index is 13.6. The molecule has 0 radical (unpaired) electrons. The Morgan fingerprint density at radius 2 is 1.96 bits per heavy atom. The number of aryl methyl sites for hydroxylation is 2. The quantitative estimate of drug-likeness (QED) is 0.288. The number of fused-ring (bicyclic) bond motifs is 2. The van der Waals surface area contributed by atoms with Gasteiger partial charge in [-0.2, -0.15) is 4.31 Å². The number of aliphatic hydroxyl groups is 1. The number of benzene rings is 2. The Bertz CT molecular complexity index is 1820. The molecule has 13 heteroatoms. The van der Waals surface area contributed by atoms with Gasteiger partial charge in [0.05, 0.1) is 38.4 Å². The highest BCUT2D eigenvalue weighted by molar-refractivity contribution is 7.89. The van der Waals surface area contributed by atoms with E-state index in [0.717, 1.165) is 16.5 Å². The van der Waals surface area contributed by atoms with Gasteiger partial charge in [0.1, 0.15) is 11.9 Å². The van der Waals surface area contributed by atoms with Crippen molar-refractivity contribution in [1.82, 2.24) is 23.3 Å². The third-order valence-electron chi connectivity index (χ3n) is 8.32. The number of amides is 2. The van der Waals surface area contributed by atoms with Crippen LogP contribution in [0.25, 0.3) is 10.9 Å². The van der Waals surface area contributed by atoms with Crippen LogP contribution in [0, 0.1) is 5.92 Å². The molecule has 45 heavy (non-hydrogen) atoms. The maximum Gasteiger partial charge on any atom is 0.261 e. The van der Waals surface area contributed by atoms with Gasteiger partial charge in [-0.05, 0) is 36.8 Å². The summed E-state index contributed by atoms with van der Waals surface area (Å²) in [5, 5.41) is 13.8. The Labute approximate surface area is 263 Å². The summed E-state index contributed by atoms with van der Waals surface area (Å²) in [7, 11) is 1.21. The largest absolute Gasteiger partial charge is 0.488 e. The van der Waals surface area contributed by atoms with Crippen molar-refractivity contribution >= 4 is 38.4 Å². The first-order chi connectivity index (χ1) is 21.4. The van der Waals surface area contributed by atoms with Gasteiger partial charge in [0.25, 0.3) is 10.0 Å². The SMILES string of the molecule is C[C@@H]1CN([C@H](C)CO)C(=O)Cc2cc(NC(=O)Cc3cn(C)c4ccccc34)ccc2O[C@H]1CN(C)S(=O)(=O)c1cn(C)cn1. The number of aromatic nitrogens is 3. The standard InChI is InChI=1S/C32H40N6O6S/c1-21-15-38(22(2)19-39)32(41)14-23-12-25(34-30(40)13-24-16-36(4)27-9-7-6-8-26(24)27)10-11-28(23)44-29(21)17-37(5)45(42,43)31-18-35(3)20-33-31/h6-12,16,18,20-22,29,39H,13-15,17,19H2,1-5H3,(H,34,40)/t21-,22-,29+/m1/s1. The highest BCUT2D eigenvalue weighted by atomic mass is 32.2. The van der Waals surface area contributed by atoms with Crippen molar-refractivity contribution in [2.24, 2.45) is 20.0 Å². The molecule has 1 aliphatic heterocycles. The zero-order valence-electron chi connectivity index (χ0n) is 26.2. The van der Waals surface area contributed by atoms with Crippen LogP contribution < -0.4 is 10.1 Å². The highest BCUT2D eigenvalue weighted by Crippen LogP contribution is 2.30. The number of carbonyl (C=O) groups is 2. The fraction of sp³-hybridized carbons (Fsp3) is 0.406. The van der Waals surface area contributed by atoms with Gasteiger partial charge in [-0.15, -0.1) is 0 Å². The number of ether oxygens (including phenoxy) is 1. The Hall–Kier alpha value is -4.20. The number of carbonyl (C=O) groups excluding carboxylic acids is 2. The molecule has 0 fully saturated rings. The highest BCUT2D eigenvalue weighted by Gasteiger charge is 2.34. The lowest BCUT2D eigenvalue weighted by Gasteiger charge is -2.33. The second-order valence-electron chi connectivity index (χ2n) is 11.9. The third kappa shape index (κ3) is 6.90. The fourth-order valence-corrected chi connectivity index (χ4v) is 6.85. The summed E-state index contributed by atoms with van der Waals surface area (Å²) in [6.45, 7) is 3.68. The molecule has 4 aromatic rings. The van der Waals surface area contributed by atoms with E-state index in [4.69, 9.17) is 4.74 Å². The average Bonchev–Trinajstić information content (AvgIpc) is 3.59. The third-order valence-corrected chi connectivity index (χ3v) is 10.0. The summed E-state index contributed by atoms with van der Waals surface area (Å²) in [6, 6.07) is 12.6. The minimum Gasteiger partial charge on any atom is -0.488 e. The van der Waals surface area contributed by atoms with Gasteiger partial charge in [0.15, 0.2) is 5.03 Å². The molecule has 2 aromatic carbocycles. The van der Waals surface area contributed by atoms with Crippen molar-refractivity contribution in [3.63, 3.8) is 0 Å². The van der Waals surface area contributed by atoms with Gasteiger partial charge in [-0.3, -0.25) is 9.59 Å². The molecule has 240 valence electrons. The molecule has 3 heterocycles. The molecule has 0 saturated carbocycles. The van der Waals surface area contributed by atoms with Crippen LogP contribution in [0.15, 0.2) is 66.2 Å². The number of rotatable bonds is 9. The van der Waals surface area contributed by atoms with Crippen LogP contribution >= 0.6 is 0 Å². The Balaban J connectivity index is 1.41. The van der Waals surface area contributed by atoms with E-state index in [-0.39, 0.29) is 55.3 Å². The first-order valence-electron chi connectivity index (χ1n) is 14.8. The number of likely N-dealkylation sites (N-methyl/N-ethyl adjacent to an activating group) is 1. The van der Waals surface area contributed by atoms with E-state index in [2.05, 4.69) is 10.3 Å². The van der Waals surface area contributed by atoms with Gasteiger partial charge < -0.3 is 29.2 Å². The van der Waals surface area contributed by atoms with Crippen molar-refractivity contribution in [2.75, 3.05) is 32.1 Å². The summed E-state index contributed by atoms with van der Waals surface area (Å²) in [6.07, 6.45) is 4.32. The number of hydrogen-bond acceptors (Lipinski definition) is 7. The fourth-order valence-electron chi connectivity index (χ4n) is 5.70. The molecule has 0 bridgehead atoms. The van der Waals surface area contributed by atoms with E-state index in [0.29, 0.717) is 17.0 Å². The molecule has 0 saturated heterocycles. The molecule has 0 unspecified atom stereocenters. The Kier molecular flexibility index (Phi) is 9.33. The Morgan fingerprint density at radius 1 is 1.20 bits per heavy atom. The summed E-state index contributed by atoms with van der Waals surface area (Å²) in [5.41, 5.74) is 3.00. The van der Waals surface area contributed by atoms with Crippen LogP contribution in [0.1, 0.15) is 25.0 Å². The van der Waals surface area contributed by atoms with Gasteiger partial charge in [-0.1, -0.05) is 25.1 Å². The molecule has 0 aliphatic carbocycles. The topological polar surface area (TPSA) is 139 Å². The van der Waals surface area contributed by atoms with Gasteiger partial charge in [-0.25, -0.2) is 13.4 Å². The van der Waals surface area contributed by atoms with E-state index in [1.165, 1.54) is 23.9 Å². The van der Waals surface area contributed by atoms with E-state index in [1.807, 2.05) is 49.0 Å². The van der Waals surface area contributed by atoms with Crippen molar-refractivity contribution < 1.29 is 27.9 Å². The first-order valence-corrected chi connectivity index (χ1v) is 16.3. The second kappa shape index (κ2) is 13.0. The molecular formula is C32H40N6O6S. The van der Waals surface area contributed by atoms with Crippen LogP contribution in [-0.2, 0) is 46.5 Å². The molecule has 1 aliphatic rings. The number of imidazole rings is 1. The van der Waals surface area contributed by atoms with Gasteiger partial charge in [0.2, 0.25) is 11.8 Å². The molecule has 2 aromatic heterocycles. The lowest BCUT2D eigenvalue weighted by molar-refractivity contribution is -0.134. The summed E-state index contributed by atoms with van der Waals surface area (Å²) in [5.74, 6) is -0.280. The number of aliphatic hydroxyl groups excluding tert-OH is 1. The van der Waals surface area contributed by atoms with Gasteiger partial charge >= 0.3 is 0 Å². The normalized spacial score (nSPS) is 18.2. The zero-order valence-corrected chi connectivity index (χ0v) is 27.0. The number of para-hydroxylation sites is 1. The lowest BCUT2D eigenvalue weighted by Crippen LogP contribution is -2.48. The van der Waals surface area contributed by atoms with Crippen LogP contribution in [0.2, 0.25) is 0 Å². The van der Waals surface area contributed by atoms with Crippen LogP contribution in [-0.4, -0.2) is 87.6 Å². The first kappa shape index (κ1) is 32.2. The van der Waals surface area contributed by atoms with E-state index >= 15 is 0 Å². The monoisotopic (exact) mass is 636 g/mol. The van der Waals surface area contributed by atoms with Crippen LogP contribution in [0.4, 0.5) is 5.69 Å². The average molecular weight is 637 g/mol. The number of nitrogens with zero attached hydrogens (tertiary/aromatic N) is 5. The molecule has 12 nitrogen and oxygen atoms in total. The van der Waals surface area contributed by atoms with Crippen molar-refractivity contribution in [2.45, 2.75) is 43.9 Å². The minimum absolute atomic E-state index is 0.00142. The predicted molar refractivity (Wildman–Crippen MR) is 170 cm³/mol. The minimum atomic E-state index is -3.90. The predicted octanol–water partition coefficient (Wildman–Crippen LogP) is 2.56. The smallest absolute Gasteiger partial charge is 0.261 e. The van der Waals surface area contributed by atoms with Crippen LogP contribution in [0.3, 0.4) is 0 Å². The van der Waals surface area contributed by atoms with E-state index in [9.17, 15) is 23.1 Å². The Morgan fingerprint density at radius 3 is 2.67 bits per heavy atom. The second-order valence-corrected chi connectivity index (χ2v) is 13.9. The summed E-state index contributed by atoms with van der Waals surface area (Å²) in [4.78, 5) is 32.3. The molecule has 5 rings (SSSR count). The zero-order chi connectivity index (χ0) is 32.5. The maximum atomic E-state index is 13.6. The molecule has 3 atom stereocenters. The van der Waals surface area contributed by atoms with E-state index in [1.54, 1.807) is 41.6 Å². The number of sulfonamides is 1. The number of hydrogen-bond donors (Lipinski definition) is 2. The summed E-state index contributed by atoms with van der Waals surface area (Å²) < 4.78 is 37.8. The molecule has 2 amide bonds. The van der Waals surface area contributed by atoms with Gasteiger partial charge in [0, 0.05) is 68.2 Å².